The molecule has 0 atom stereocenters. The van der Waals surface area contributed by atoms with Crippen LogP contribution in [0, 0.1) is 0 Å². The fourth-order valence-corrected chi connectivity index (χ4v) is 2.19. The van der Waals surface area contributed by atoms with E-state index in [-0.39, 0.29) is 12.6 Å². The van der Waals surface area contributed by atoms with E-state index in [0.717, 1.165) is 18.4 Å². The summed E-state index contributed by atoms with van der Waals surface area (Å²) in [6.07, 6.45) is 8.53. The summed E-state index contributed by atoms with van der Waals surface area (Å²) < 4.78 is 15.1. The average Bonchev–Trinajstić information content (AvgIpc) is 2.63. The number of para-hydroxylation sites is 1. The molecule has 0 amide bonds. The van der Waals surface area contributed by atoms with Gasteiger partial charge in [-0.1, -0.05) is 75.8 Å². The normalized spacial score (nSPS) is 9.81. The summed E-state index contributed by atoms with van der Waals surface area (Å²) in [6.45, 7) is 8.95. The van der Waals surface area contributed by atoms with Gasteiger partial charge in [-0.25, -0.2) is 4.79 Å². The molecule has 148 valence electrons. The smallest absolute Gasteiger partial charge is 0.344 e. The zero-order valence-corrected chi connectivity index (χ0v) is 16.8. The van der Waals surface area contributed by atoms with Crippen molar-refractivity contribution >= 4 is 5.97 Å². The number of methoxy groups -OCH3 is 1. The van der Waals surface area contributed by atoms with Crippen molar-refractivity contribution in [2.75, 3.05) is 26.9 Å². The van der Waals surface area contributed by atoms with Crippen LogP contribution in [0.25, 0.3) is 0 Å². The average molecular weight is 365 g/mol. The number of hydrogen-bond donors (Lipinski definition) is 0. The summed E-state index contributed by atoms with van der Waals surface area (Å²) in [4.78, 5) is 11.4. The number of benzene rings is 1. The number of carbonyl (C=O) groups excluding carboxylic acids is 1. The molecule has 0 aromatic heterocycles. The highest BCUT2D eigenvalue weighted by Gasteiger charge is 2.03. The first-order valence-electron chi connectivity index (χ1n) is 9.57. The van der Waals surface area contributed by atoms with Crippen molar-refractivity contribution in [1.29, 1.82) is 0 Å². The summed E-state index contributed by atoms with van der Waals surface area (Å²) in [5.74, 6) is 0.403. The maximum Gasteiger partial charge on any atom is 0.344 e. The molecule has 0 aliphatic heterocycles. The van der Waals surface area contributed by atoms with Gasteiger partial charge in [-0.15, -0.1) is 0 Å². The van der Waals surface area contributed by atoms with E-state index in [2.05, 4.69) is 13.5 Å². The molecule has 0 aliphatic rings. The molecule has 0 spiro atoms. The van der Waals surface area contributed by atoms with Gasteiger partial charge in [-0.3, -0.25) is 0 Å². The van der Waals surface area contributed by atoms with E-state index in [0.29, 0.717) is 19.0 Å². The van der Waals surface area contributed by atoms with Gasteiger partial charge < -0.3 is 14.2 Å². The Morgan fingerprint density at radius 1 is 0.962 bits per heavy atom. The minimum Gasteiger partial charge on any atom is -0.482 e. The molecule has 1 aromatic carbocycles. The maximum atomic E-state index is 11.4. The van der Waals surface area contributed by atoms with Crippen LogP contribution < -0.4 is 4.74 Å². The molecule has 0 fully saturated rings. The highest BCUT2D eigenvalue weighted by Crippen LogP contribution is 2.09. The standard InChI is InChI=1S/C17H26O3.C5H10O/c1-2-3-4-5-6-7-11-14-19-17(18)15-20-16-12-9-8-10-13-16;1-5(2)4-6-3/h8-10,12-13H,2-7,11,14-15H2,1H3;1,4H2,2-3H3. The fourth-order valence-electron chi connectivity index (χ4n) is 2.19. The zero-order chi connectivity index (χ0) is 19.5. The second-order valence-electron chi connectivity index (χ2n) is 6.33. The molecule has 1 aromatic rings. The van der Waals surface area contributed by atoms with Crippen molar-refractivity contribution in [3.8, 4) is 5.75 Å². The quantitative estimate of drug-likeness (QED) is 0.261. The lowest BCUT2D eigenvalue weighted by molar-refractivity contribution is -0.146. The molecular formula is C22H36O4. The largest absolute Gasteiger partial charge is 0.482 e. The van der Waals surface area contributed by atoms with Crippen LogP contribution in [0.15, 0.2) is 42.5 Å². The third-order valence-electron chi connectivity index (χ3n) is 3.50. The molecule has 0 aliphatic carbocycles. The highest BCUT2D eigenvalue weighted by atomic mass is 16.6. The van der Waals surface area contributed by atoms with Gasteiger partial charge in [-0.05, 0) is 25.5 Å². The van der Waals surface area contributed by atoms with Crippen LogP contribution in [0.4, 0.5) is 0 Å². The van der Waals surface area contributed by atoms with E-state index < -0.39 is 0 Å². The summed E-state index contributed by atoms with van der Waals surface area (Å²) in [5.41, 5.74) is 1.07. The van der Waals surface area contributed by atoms with Gasteiger partial charge in [-0.2, -0.15) is 0 Å². The molecule has 0 saturated carbocycles. The Morgan fingerprint density at radius 2 is 1.58 bits per heavy atom. The monoisotopic (exact) mass is 364 g/mol. The summed E-state index contributed by atoms with van der Waals surface area (Å²) in [5, 5.41) is 0. The lowest BCUT2D eigenvalue weighted by Crippen LogP contribution is -2.15. The van der Waals surface area contributed by atoms with Crippen LogP contribution in [0.2, 0.25) is 0 Å². The van der Waals surface area contributed by atoms with Crippen molar-refractivity contribution in [3.05, 3.63) is 42.5 Å². The summed E-state index contributed by atoms with van der Waals surface area (Å²) in [7, 11) is 1.66. The van der Waals surface area contributed by atoms with Gasteiger partial charge in [0.1, 0.15) is 5.75 Å². The molecule has 0 unspecified atom stereocenters. The van der Waals surface area contributed by atoms with Crippen LogP contribution >= 0.6 is 0 Å². The molecule has 4 nitrogen and oxygen atoms in total. The third-order valence-corrected chi connectivity index (χ3v) is 3.50. The molecular weight excluding hydrogens is 328 g/mol. The van der Waals surface area contributed by atoms with Gasteiger partial charge in [0.25, 0.3) is 0 Å². The number of carbonyl (C=O) groups is 1. The second kappa shape index (κ2) is 18.0. The van der Waals surface area contributed by atoms with E-state index in [9.17, 15) is 4.79 Å². The van der Waals surface area contributed by atoms with Crippen LogP contribution in [-0.2, 0) is 14.3 Å². The van der Waals surface area contributed by atoms with Gasteiger partial charge in [0.05, 0.1) is 13.2 Å². The highest BCUT2D eigenvalue weighted by molar-refractivity contribution is 5.71. The Morgan fingerprint density at radius 3 is 2.12 bits per heavy atom. The van der Waals surface area contributed by atoms with E-state index >= 15 is 0 Å². The molecule has 26 heavy (non-hydrogen) atoms. The molecule has 1 rings (SSSR count). The number of unbranched alkanes of at least 4 members (excludes halogenated alkanes) is 6. The van der Waals surface area contributed by atoms with E-state index in [1.54, 1.807) is 7.11 Å². The minimum atomic E-state index is -0.292. The predicted molar refractivity (Wildman–Crippen MR) is 108 cm³/mol. The van der Waals surface area contributed by atoms with Gasteiger partial charge in [0.15, 0.2) is 6.61 Å². The third kappa shape index (κ3) is 17.0. The van der Waals surface area contributed by atoms with Crippen LogP contribution in [0.1, 0.15) is 58.8 Å². The molecule has 0 radical (unpaired) electrons. The molecule has 0 heterocycles. The van der Waals surface area contributed by atoms with Gasteiger partial charge >= 0.3 is 5.97 Å². The van der Waals surface area contributed by atoms with Crippen molar-refractivity contribution in [2.45, 2.75) is 58.8 Å². The Hall–Kier alpha value is -1.81. The lowest BCUT2D eigenvalue weighted by Gasteiger charge is -2.07. The minimum absolute atomic E-state index is 0.0134. The first kappa shape index (κ1) is 24.2. The molecule has 0 saturated heterocycles. The summed E-state index contributed by atoms with van der Waals surface area (Å²) >= 11 is 0. The molecule has 0 bridgehead atoms. The number of hydrogen-bond acceptors (Lipinski definition) is 4. The second-order valence-corrected chi connectivity index (χ2v) is 6.33. The van der Waals surface area contributed by atoms with E-state index in [4.69, 9.17) is 14.2 Å². The van der Waals surface area contributed by atoms with Crippen molar-refractivity contribution in [2.24, 2.45) is 0 Å². The van der Waals surface area contributed by atoms with Gasteiger partial charge in [0.2, 0.25) is 0 Å². The number of rotatable bonds is 13. The Balaban J connectivity index is 0.000000896. The predicted octanol–water partition coefficient (Wildman–Crippen LogP) is 5.57. The maximum absolute atomic E-state index is 11.4. The van der Waals surface area contributed by atoms with E-state index in [1.165, 1.54) is 32.1 Å². The molecule has 4 heteroatoms. The van der Waals surface area contributed by atoms with Crippen LogP contribution in [0.3, 0.4) is 0 Å². The van der Waals surface area contributed by atoms with Crippen LogP contribution in [-0.4, -0.2) is 32.9 Å². The number of ether oxygens (including phenoxy) is 3. The van der Waals surface area contributed by atoms with Crippen molar-refractivity contribution < 1.29 is 19.0 Å². The fraction of sp³-hybridized carbons (Fsp3) is 0.591. The zero-order valence-electron chi connectivity index (χ0n) is 16.8. The first-order chi connectivity index (χ1) is 12.6. The Bertz CT molecular complexity index is 456. The first-order valence-corrected chi connectivity index (χ1v) is 9.57. The van der Waals surface area contributed by atoms with Crippen molar-refractivity contribution in [3.63, 3.8) is 0 Å². The van der Waals surface area contributed by atoms with Crippen molar-refractivity contribution in [1.82, 2.24) is 0 Å². The molecule has 0 N–H and O–H groups in total. The lowest BCUT2D eigenvalue weighted by atomic mass is 10.1. The van der Waals surface area contributed by atoms with E-state index in [1.807, 2.05) is 37.3 Å². The van der Waals surface area contributed by atoms with Crippen LogP contribution in [0.5, 0.6) is 5.75 Å². The Kier molecular flexibility index (Phi) is 16.7. The topological polar surface area (TPSA) is 44.8 Å². The van der Waals surface area contributed by atoms with Gasteiger partial charge in [0, 0.05) is 7.11 Å². The Labute approximate surface area is 159 Å². The summed E-state index contributed by atoms with van der Waals surface area (Å²) in [6, 6.07) is 9.30. The SMILES string of the molecule is C=C(C)COC.CCCCCCCCCOC(=O)COc1ccccc1. The number of esters is 1.